The quantitative estimate of drug-likeness (QED) is 0.794. The second kappa shape index (κ2) is 6.29. The van der Waals surface area contributed by atoms with Gasteiger partial charge in [-0.3, -0.25) is 9.97 Å². The predicted molar refractivity (Wildman–Crippen MR) is 85.7 cm³/mol. The van der Waals surface area contributed by atoms with Crippen LogP contribution in [0.5, 0.6) is 0 Å². The predicted octanol–water partition coefficient (Wildman–Crippen LogP) is 3.31. The number of rotatable bonds is 4. The summed E-state index contributed by atoms with van der Waals surface area (Å²) in [6, 6.07) is 16.5. The van der Waals surface area contributed by atoms with Crippen molar-refractivity contribution in [2.45, 2.75) is 6.42 Å². The molecule has 3 rings (SSSR count). The van der Waals surface area contributed by atoms with Crippen molar-refractivity contribution in [3.05, 3.63) is 72.7 Å². The molecule has 0 aliphatic carbocycles. The minimum atomic E-state index is 0.682. The van der Waals surface area contributed by atoms with Crippen molar-refractivity contribution in [3.63, 3.8) is 0 Å². The molecule has 0 amide bonds. The molecule has 104 valence electrons. The van der Waals surface area contributed by atoms with Gasteiger partial charge in [0.2, 0.25) is 0 Å². The van der Waals surface area contributed by atoms with Crippen molar-refractivity contribution in [1.29, 1.82) is 0 Å². The number of nitrogens with zero attached hydrogens (tertiary/aromatic N) is 2. The van der Waals surface area contributed by atoms with Crippen molar-refractivity contribution < 1.29 is 0 Å². The summed E-state index contributed by atoms with van der Waals surface area (Å²) in [6.45, 7) is 0.682. The zero-order valence-corrected chi connectivity index (χ0v) is 11.7. The SMILES string of the molecule is NCCc1ccc(-c2ccc(-c3ccncc3)nc2)cc1. The molecular weight excluding hydrogens is 258 g/mol. The summed E-state index contributed by atoms with van der Waals surface area (Å²) in [5.74, 6) is 0. The lowest BCUT2D eigenvalue weighted by Gasteiger charge is -2.05. The van der Waals surface area contributed by atoms with E-state index in [1.54, 1.807) is 12.4 Å². The molecule has 0 saturated heterocycles. The smallest absolute Gasteiger partial charge is 0.0703 e. The Balaban J connectivity index is 1.84. The van der Waals surface area contributed by atoms with Gasteiger partial charge in [0, 0.05) is 29.7 Å². The van der Waals surface area contributed by atoms with Gasteiger partial charge in [0.25, 0.3) is 0 Å². The van der Waals surface area contributed by atoms with Gasteiger partial charge in [0.15, 0.2) is 0 Å². The second-order valence-corrected chi connectivity index (χ2v) is 4.90. The first-order valence-electron chi connectivity index (χ1n) is 7.02. The largest absolute Gasteiger partial charge is 0.330 e. The minimum absolute atomic E-state index is 0.682. The highest BCUT2D eigenvalue weighted by atomic mass is 14.7. The number of benzene rings is 1. The second-order valence-electron chi connectivity index (χ2n) is 4.90. The van der Waals surface area contributed by atoms with Crippen molar-refractivity contribution >= 4 is 0 Å². The van der Waals surface area contributed by atoms with Crippen LogP contribution in [-0.2, 0) is 6.42 Å². The lowest BCUT2D eigenvalue weighted by atomic mass is 10.0. The summed E-state index contributed by atoms with van der Waals surface area (Å²) in [5.41, 5.74) is 11.2. The van der Waals surface area contributed by atoms with Crippen molar-refractivity contribution in [1.82, 2.24) is 9.97 Å². The maximum absolute atomic E-state index is 5.57. The molecule has 0 unspecified atom stereocenters. The molecule has 0 fully saturated rings. The van der Waals surface area contributed by atoms with Gasteiger partial charge < -0.3 is 5.73 Å². The highest BCUT2D eigenvalue weighted by molar-refractivity contribution is 5.66. The molecular formula is C18H17N3. The van der Waals surface area contributed by atoms with Crippen molar-refractivity contribution in [2.24, 2.45) is 5.73 Å². The van der Waals surface area contributed by atoms with Crippen LogP contribution < -0.4 is 5.73 Å². The molecule has 0 spiro atoms. The van der Waals surface area contributed by atoms with E-state index in [2.05, 4.69) is 40.3 Å². The molecule has 3 aromatic rings. The summed E-state index contributed by atoms with van der Waals surface area (Å²) < 4.78 is 0. The molecule has 0 aliphatic heterocycles. The maximum Gasteiger partial charge on any atom is 0.0703 e. The normalized spacial score (nSPS) is 10.5. The van der Waals surface area contributed by atoms with Crippen molar-refractivity contribution in [3.8, 4) is 22.4 Å². The van der Waals surface area contributed by atoms with E-state index in [1.165, 1.54) is 11.1 Å². The zero-order chi connectivity index (χ0) is 14.5. The minimum Gasteiger partial charge on any atom is -0.330 e. The van der Waals surface area contributed by atoms with Gasteiger partial charge in [-0.2, -0.15) is 0 Å². The third-order valence-corrected chi connectivity index (χ3v) is 3.46. The highest BCUT2D eigenvalue weighted by Crippen LogP contribution is 2.22. The first-order chi connectivity index (χ1) is 10.4. The standard InChI is InChI=1S/C18H17N3/c19-10-7-14-1-3-15(4-2-14)17-5-6-18(21-13-17)16-8-11-20-12-9-16/h1-6,8-9,11-13H,7,10,19H2. The fraction of sp³-hybridized carbons (Fsp3) is 0.111. The van der Waals surface area contributed by atoms with Crippen LogP contribution in [0.4, 0.5) is 0 Å². The first kappa shape index (κ1) is 13.5. The highest BCUT2D eigenvalue weighted by Gasteiger charge is 2.01. The van der Waals surface area contributed by atoms with Crippen LogP contribution >= 0.6 is 0 Å². The fourth-order valence-corrected chi connectivity index (χ4v) is 2.29. The average molecular weight is 275 g/mol. The van der Waals surface area contributed by atoms with Gasteiger partial charge >= 0.3 is 0 Å². The summed E-state index contributed by atoms with van der Waals surface area (Å²) in [7, 11) is 0. The Kier molecular flexibility index (Phi) is 4.03. The molecule has 0 atom stereocenters. The molecule has 21 heavy (non-hydrogen) atoms. The van der Waals surface area contributed by atoms with E-state index in [1.807, 2.05) is 24.4 Å². The molecule has 1 aromatic carbocycles. The summed E-state index contributed by atoms with van der Waals surface area (Å²) in [5, 5.41) is 0. The molecule has 0 saturated carbocycles. The number of aromatic nitrogens is 2. The van der Waals surface area contributed by atoms with Gasteiger partial charge in [-0.15, -0.1) is 0 Å². The van der Waals surface area contributed by atoms with Crippen molar-refractivity contribution in [2.75, 3.05) is 6.54 Å². The van der Waals surface area contributed by atoms with E-state index in [9.17, 15) is 0 Å². The summed E-state index contributed by atoms with van der Waals surface area (Å²) >= 11 is 0. The number of hydrogen-bond acceptors (Lipinski definition) is 3. The van der Waals surface area contributed by atoms with E-state index in [0.717, 1.165) is 23.2 Å². The Labute approximate surface area is 124 Å². The van der Waals surface area contributed by atoms with Gasteiger partial charge in [-0.25, -0.2) is 0 Å². The summed E-state index contributed by atoms with van der Waals surface area (Å²) in [6.07, 6.45) is 6.38. The lowest BCUT2D eigenvalue weighted by molar-refractivity contribution is 0.969. The zero-order valence-electron chi connectivity index (χ0n) is 11.7. The van der Waals surface area contributed by atoms with Crippen LogP contribution in [0.3, 0.4) is 0 Å². The number of nitrogens with two attached hydrogens (primary N) is 1. The van der Waals surface area contributed by atoms with Crippen LogP contribution in [0, 0.1) is 0 Å². The van der Waals surface area contributed by atoms with Crippen LogP contribution in [0.15, 0.2) is 67.1 Å². The summed E-state index contributed by atoms with van der Waals surface area (Å²) in [4.78, 5) is 8.56. The molecule has 2 heterocycles. The average Bonchev–Trinajstić information content (AvgIpc) is 2.57. The van der Waals surface area contributed by atoms with Gasteiger partial charge in [0.1, 0.15) is 0 Å². The fourth-order valence-electron chi connectivity index (χ4n) is 2.29. The van der Waals surface area contributed by atoms with Gasteiger partial charge in [-0.1, -0.05) is 30.3 Å². The molecule has 3 heteroatoms. The van der Waals surface area contributed by atoms with E-state index in [-0.39, 0.29) is 0 Å². The number of hydrogen-bond donors (Lipinski definition) is 1. The Morgan fingerprint density at radius 2 is 1.48 bits per heavy atom. The molecule has 2 aromatic heterocycles. The molecule has 0 aliphatic rings. The third-order valence-electron chi connectivity index (χ3n) is 3.46. The topological polar surface area (TPSA) is 51.8 Å². The van der Waals surface area contributed by atoms with Gasteiger partial charge in [-0.05, 0) is 42.3 Å². The monoisotopic (exact) mass is 275 g/mol. The first-order valence-corrected chi connectivity index (χ1v) is 7.02. The van der Waals surface area contributed by atoms with Gasteiger partial charge in [0.05, 0.1) is 5.69 Å². The lowest BCUT2D eigenvalue weighted by Crippen LogP contribution is -2.02. The Morgan fingerprint density at radius 1 is 0.762 bits per heavy atom. The molecule has 3 nitrogen and oxygen atoms in total. The van der Waals surface area contributed by atoms with E-state index < -0.39 is 0 Å². The van der Waals surface area contributed by atoms with E-state index >= 15 is 0 Å². The maximum atomic E-state index is 5.57. The van der Waals surface area contributed by atoms with E-state index in [4.69, 9.17) is 5.73 Å². The van der Waals surface area contributed by atoms with Crippen LogP contribution in [-0.4, -0.2) is 16.5 Å². The molecule has 2 N–H and O–H groups in total. The number of pyridine rings is 2. The van der Waals surface area contributed by atoms with E-state index in [0.29, 0.717) is 6.54 Å². The Morgan fingerprint density at radius 3 is 2.10 bits per heavy atom. The Hall–Kier alpha value is -2.52. The van der Waals surface area contributed by atoms with Crippen LogP contribution in [0.1, 0.15) is 5.56 Å². The Bertz CT molecular complexity index is 689. The molecule has 0 radical (unpaired) electrons. The van der Waals surface area contributed by atoms with Crippen LogP contribution in [0.2, 0.25) is 0 Å². The van der Waals surface area contributed by atoms with Crippen LogP contribution in [0.25, 0.3) is 22.4 Å². The molecule has 0 bridgehead atoms. The third kappa shape index (κ3) is 3.15.